The van der Waals surface area contributed by atoms with E-state index in [1.807, 2.05) is 22.7 Å². The van der Waals surface area contributed by atoms with Gasteiger partial charge in [0.2, 0.25) is 11.8 Å². The van der Waals surface area contributed by atoms with Crippen molar-refractivity contribution in [3.8, 4) is 0 Å². The lowest BCUT2D eigenvalue weighted by molar-refractivity contribution is -0.125. The molecule has 1 aromatic rings. The first-order valence-electron chi connectivity index (χ1n) is 12.4. The van der Waals surface area contributed by atoms with Crippen LogP contribution < -0.4 is 5.32 Å². The number of benzene rings is 1. The molecule has 3 atom stereocenters. The number of carbonyl (C=O) groups is 2. The Kier molecular flexibility index (Phi) is 7.35. The number of nitrogens with one attached hydrogen (secondary N) is 1. The van der Waals surface area contributed by atoms with Crippen molar-refractivity contribution in [1.29, 1.82) is 0 Å². The first-order valence-corrected chi connectivity index (χ1v) is 13.5. The lowest BCUT2D eigenvalue weighted by atomic mass is 9.98. The van der Waals surface area contributed by atoms with E-state index >= 15 is 0 Å². The summed E-state index contributed by atoms with van der Waals surface area (Å²) >= 11 is 1.82. The Morgan fingerprint density at radius 3 is 2.83 bits per heavy atom. The number of thioether (sulfide) groups is 1. The minimum absolute atomic E-state index is 0.0200. The van der Waals surface area contributed by atoms with Gasteiger partial charge in [0.25, 0.3) is 0 Å². The highest BCUT2D eigenvalue weighted by Crippen LogP contribution is 2.40. The normalized spacial score (nSPS) is 28.5. The fourth-order valence-corrected chi connectivity index (χ4v) is 6.44. The van der Waals surface area contributed by atoms with Gasteiger partial charge in [0.15, 0.2) is 0 Å². The molecule has 3 unspecified atom stereocenters. The smallest absolute Gasteiger partial charge is 0.246 e. The van der Waals surface area contributed by atoms with Gasteiger partial charge in [-0.3, -0.25) is 14.5 Å². The van der Waals surface area contributed by atoms with Gasteiger partial charge in [0, 0.05) is 56.4 Å². The average Bonchev–Trinajstić information content (AvgIpc) is 3.43. The molecule has 5 rings (SSSR count). The van der Waals surface area contributed by atoms with Gasteiger partial charge in [0.05, 0.1) is 6.04 Å². The number of aliphatic imine (C=N–C) groups is 1. The lowest BCUT2D eigenvalue weighted by Gasteiger charge is -2.31. The maximum atomic E-state index is 12.8. The second-order valence-corrected chi connectivity index (χ2v) is 10.7. The van der Waals surface area contributed by atoms with E-state index in [1.54, 1.807) is 24.4 Å². The predicted molar refractivity (Wildman–Crippen MR) is 143 cm³/mol. The molecule has 0 bridgehead atoms. The fourth-order valence-electron chi connectivity index (χ4n) is 5.33. The van der Waals surface area contributed by atoms with Gasteiger partial charge in [-0.1, -0.05) is 49.1 Å². The van der Waals surface area contributed by atoms with Crippen LogP contribution in [0.15, 0.2) is 78.0 Å². The minimum atomic E-state index is -0.0691. The predicted octanol–water partition coefficient (Wildman–Crippen LogP) is 3.51. The highest BCUT2D eigenvalue weighted by atomic mass is 32.2. The monoisotopic (exact) mass is 488 g/mol. The van der Waals surface area contributed by atoms with Gasteiger partial charge < -0.3 is 10.2 Å². The number of nitrogens with zero attached hydrogens (tertiary/aromatic N) is 3. The van der Waals surface area contributed by atoms with E-state index in [0.29, 0.717) is 24.1 Å². The van der Waals surface area contributed by atoms with Crippen LogP contribution in [-0.2, 0) is 9.59 Å². The molecular weight excluding hydrogens is 456 g/mol. The fraction of sp³-hybridized carbons (Fsp3) is 0.393. The molecule has 2 amide bonds. The van der Waals surface area contributed by atoms with E-state index < -0.39 is 0 Å². The van der Waals surface area contributed by atoms with Crippen LogP contribution in [0.3, 0.4) is 0 Å². The Hall–Kier alpha value is -2.90. The standard InChI is InChI=1S/C28H32N4O2S/c1-2-20(16-29-26-10-11-31-12-13-35-19-25(31)28(34)30-26)8-9-27(33)32-17-23-14-22(15-24(23)18-32)21-6-4-3-5-7-21/h2-9,14,16,23-25H,1,10-13,15,17-19H2,(H,29,30,34)/b9-8+,20-16+. The number of amides is 2. The molecule has 0 aromatic heterocycles. The number of carbonyl (C=O) groups excluding carboxylic acids is 2. The summed E-state index contributed by atoms with van der Waals surface area (Å²) in [5.74, 6) is 3.54. The van der Waals surface area contributed by atoms with Crippen LogP contribution in [0.25, 0.3) is 5.57 Å². The van der Waals surface area contributed by atoms with Crippen LogP contribution in [0.5, 0.6) is 0 Å². The van der Waals surface area contributed by atoms with Crippen molar-refractivity contribution in [2.45, 2.75) is 18.9 Å². The molecule has 6 nitrogen and oxygen atoms in total. The first-order chi connectivity index (χ1) is 17.1. The maximum Gasteiger partial charge on any atom is 0.246 e. The van der Waals surface area contributed by atoms with Crippen LogP contribution in [0.2, 0.25) is 0 Å². The van der Waals surface area contributed by atoms with E-state index in [4.69, 9.17) is 0 Å². The molecular formula is C28H32N4O2S. The SMILES string of the molecule is C=CC(/C=C/C(=O)N1CC2C=C(c3ccccc3)CC2C1)=C\N=C1/CCN2CCSCC2C(=O)N1. The summed E-state index contributed by atoms with van der Waals surface area (Å²) in [5, 5.41) is 2.98. The molecule has 0 saturated carbocycles. The summed E-state index contributed by atoms with van der Waals surface area (Å²) in [4.78, 5) is 34.1. The summed E-state index contributed by atoms with van der Waals surface area (Å²) < 4.78 is 0. The van der Waals surface area contributed by atoms with Gasteiger partial charge in [-0.15, -0.1) is 0 Å². The number of hydrogen-bond acceptors (Lipinski definition) is 5. The van der Waals surface area contributed by atoms with E-state index in [0.717, 1.165) is 49.7 Å². The molecule has 35 heavy (non-hydrogen) atoms. The maximum absolute atomic E-state index is 12.8. The van der Waals surface area contributed by atoms with Crippen LogP contribution >= 0.6 is 11.8 Å². The van der Waals surface area contributed by atoms with Crippen molar-refractivity contribution < 1.29 is 9.59 Å². The van der Waals surface area contributed by atoms with Gasteiger partial charge >= 0.3 is 0 Å². The van der Waals surface area contributed by atoms with Crippen molar-refractivity contribution in [2.24, 2.45) is 16.8 Å². The molecule has 3 saturated heterocycles. The molecule has 3 aliphatic heterocycles. The number of allylic oxidation sites excluding steroid dienone is 4. The highest BCUT2D eigenvalue weighted by Gasteiger charge is 2.37. The number of rotatable bonds is 5. The molecule has 7 heteroatoms. The Morgan fingerprint density at radius 2 is 2.03 bits per heavy atom. The summed E-state index contributed by atoms with van der Waals surface area (Å²) in [6, 6.07) is 10.5. The Labute approximate surface area is 211 Å². The quantitative estimate of drug-likeness (QED) is 0.509. The molecule has 0 spiro atoms. The van der Waals surface area contributed by atoms with Gasteiger partial charge in [0.1, 0.15) is 5.84 Å². The number of fused-ring (bicyclic) bond motifs is 2. The van der Waals surface area contributed by atoms with E-state index in [-0.39, 0.29) is 17.9 Å². The van der Waals surface area contributed by atoms with Crippen molar-refractivity contribution in [2.75, 3.05) is 37.7 Å². The van der Waals surface area contributed by atoms with E-state index in [2.05, 4.69) is 52.1 Å². The van der Waals surface area contributed by atoms with Crippen LogP contribution in [0.1, 0.15) is 18.4 Å². The molecule has 182 valence electrons. The van der Waals surface area contributed by atoms with Crippen molar-refractivity contribution in [1.82, 2.24) is 15.1 Å². The third kappa shape index (κ3) is 5.52. The zero-order valence-electron chi connectivity index (χ0n) is 19.9. The molecule has 1 aromatic carbocycles. The van der Waals surface area contributed by atoms with Gasteiger partial charge in [-0.2, -0.15) is 11.8 Å². The summed E-state index contributed by atoms with van der Waals surface area (Å²) in [6.45, 7) is 7.18. The molecule has 3 fully saturated rings. The molecule has 0 radical (unpaired) electrons. The van der Waals surface area contributed by atoms with Crippen LogP contribution in [-0.4, -0.2) is 71.2 Å². The topological polar surface area (TPSA) is 65.0 Å². The number of hydrogen-bond donors (Lipinski definition) is 1. The zero-order chi connectivity index (χ0) is 24.2. The molecule has 1 N–H and O–H groups in total. The zero-order valence-corrected chi connectivity index (χ0v) is 20.8. The van der Waals surface area contributed by atoms with E-state index in [9.17, 15) is 9.59 Å². The third-order valence-electron chi connectivity index (χ3n) is 7.31. The molecule has 3 heterocycles. The summed E-state index contributed by atoms with van der Waals surface area (Å²) in [5.41, 5.74) is 3.43. The summed E-state index contributed by atoms with van der Waals surface area (Å²) in [6.07, 6.45) is 10.8. The molecule has 1 aliphatic carbocycles. The van der Waals surface area contributed by atoms with Crippen LogP contribution in [0.4, 0.5) is 0 Å². The number of amidine groups is 1. The molecule has 4 aliphatic rings. The Morgan fingerprint density at radius 1 is 1.17 bits per heavy atom. The Balaban J connectivity index is 1.18. The van der Waals surface area contributed by atoms with E-state index in [1.165, 1.54) is 11.1 Å². The lowest BCUT2D eigenvalue weighted by Crippen LogP contribution is -2.49. The highest BCUT2D eigenvalue weighted by molar-refractivity contribution is 7.99. The second kappa shape index (κ2) is 10.8. The minimum Gasteiger partial charge on any atom is -0.338 e. The third-order valence-corrected chi connectivity index (χ3v) is 8.34. The largest absolute Gasteiger partial charge is 0.338 e. The summed E-state index contributed by atoms with van der Waals surface area (Å²) in [7, 11) is 0. The first kappa shape index (κ1) is 23.8. The van der Waals surface area contributed by atoms with Crippen molar-refractivity contribution >= 4 is 35.0 Å². The van der Waals surface area contributed by atoms with Gasteiger partial charge in [-0.25, -0.2) is 4.99 Å². The van der Waals surface area contributed by atoms with Crippen molar-refractivity contribution in [3.63, 3.8) is 0 Å². The Bertz CT molecular complexity index is 1110. The van der Waals surface area contributed by atoms with Crippen molar-refractivity contribution in [3.05, 3.63) is 78.6 Å². The van der Waals surface area contributed by atoms with Crippen LogP contribution in [0, 0.1) is 11.8 Å². The number of likely N-dealkylation sites (tertiary alicyclic amines) is 1. The second-order valence-electron chi connectivity index (χ2n) is 9.54. The van der Waals surface area contributed by atoms with Gasteiger partial charge in [-0.05, 0) is 41.0 Å². The average molecular weight is 489 g/mol.